The number of H-pyrrole nitrogens is 1. The molecule has 2 rings (SSSR count). The van der Waals surface area contributed by atoms with E-state index in [-0.39, 0.29) is 11.2 Å². The summed E-state index contributed by atoms with van der Waals surface area (Å²) in [6.07, 6.45) is 13.3. The monoisotopic (exact) mass is 359 g/mol. The lowest BCUT2D eigenvalue weighted by Gasteiger charge is -2.08. The molecule has 144 valence electrons. The summed E-state index contributed by atoms with van der Waals surface area (Å²) in [5.41, 5.74) is 0.892. The number of fused-ring (bicyclic) bond motifs is 1. The minimum absolute atomic E-state index is 0.259. The van der Waals surface area contributed by atoms with Gasteiger partial charge in [-0.3, -0.25) is 9.36 Å². The second-order valence-electron chi connectivity index (χ2n) is 7.16. The second-order valence-corrected chi connectivity index (χ2v) is 7.16. The number of nitrogens with zero attached hydrogens (tertiary/aromatic N) is 1. The van der Waals surface area contributed by atoms with Gasteiger partial charge in [0.1, 0.15) is 0 Å². The zero-order valence-electron chi connectivity index (χ0n) is 16.3. The highest BCUT2D eigenvalue weighted by Crippen LogP contribution is 2.14. The molecule has 0 aliphatic rings. The zero-order chi connectivity index (χ0) is 18.8. The fourth-order valence-electron chi connectivity index (χ4n) is 3.26. The molecular formula is C21H33N3O2. The lowest BCUT2D eigenvalue weighted by atomic mass is 10.1. The van der Waals surface area contributed by atoms with Crippen molar-refractivity contribution in [2.75, 3.05) is 11.9 Å². The Labute approximate surface area is 155 Å². The molecular weight excluding hydrogens is 326 g/mol. The van der Waals surface area contributed by atoms with Crippen LogP contribution < -0.4 is 16.6 Å². The molecule has 0 unspecified atom stereocenters. The van der Waals surface area contributed by atoms with E-state index in [0.717, 1.165) is 23.2 Å². The number of aromatic nitrogens is 2. The predicted octanol–water partition coefficient (Wildman–Crippen LogP) is 4.56. The highest BCUT2D eigenvalue weighted by molar-refractivity contribution is 5.81. The third kappa shape index (κ3) is 6.04. The van der Waals surface area contributed by atoms with E-state index >= 15 is 0 Å². The van der Waals surface area contributed by atoms with Gasteiger partial charge >= 0.3 is 5.69 Å². The standard InChI is InChI=1S/C21H33N3O2/c1-3-4-5-6-7-8-9-10-11-12-15-22-17-13-14-18-19(16-17)23-21(26)24(2)20(18)25/h13-14,16,22H,3-12,15H2,1-2H3,(H,23,26). The average molecular weight is 360 g/mol. The molecule has 0 bridgehead atoms. The Bertz CT molecular complexity index is 792. The molecule has 0 radical (unpaired) electrons. The summed E-state index contributed by atoms with van der Waals surface area (Å²) in [6.45, 7) is 3.17. The molecule has 1 heterocycles. The van der Waals surface area contributed by atoms with Crippen LogP contribution in [0.25, 0.3) is 10.9 Å². The zero-order valence-corrected chi connectivity index (χ0v) is 16.3. The predicted molar refractivity (Wildman–Crippen MR) is 110 cm³/mol. The largest absolute Gasteiger partial charge is 0.385 e. The second kappa shape index (κ2) is 10.8. The Morgan fingerprint density at radius 3 is 2.19 bits per heavy atom. The maximum Gasteiger partial charge on any atom is 0.328 e. The molecule has 0 saturated carbocycles. The van der Waals surface area contributed by atoms with Crippen molar-refractivity contribution in [3.63, 3.8) is 0 Å². The van der Waals surface area contributed by atoms with Gasteiger partial charge in [0.15, 0.2) is 0 Å². The molecule has 0 aliphatic heterocycles. The van der Waals surface area contributed by atoms with Crippen LogP contribution in [0.5, 0.6) is 0 Å². The normalized spacial score (nSPS) is 11.2. The Morgan fingerprint density at radius 1 is 0.923 bits per heavy atom. The first-order valence-corrected chi connectivity index (χ1v) is 10.1. The maximum absolute atomic E-state index is 12.0. The van der Waals surface area contributed by atoms with Crippen molar-refractivity contribution < 1.29 is 0 Å². The molecule has 2 aromatic rings. The Kier molecular flexibility index (Phi) is 8.45. The molecule has 26 heavy (non-hydrogen) atoms. The maximum atomic E-state index is 12.0. The van der Waals surface area contributed by atoms with Crippen LogP contribution in [-0.2, 0) is 7.05 Å². The van der Waals surface area contributed by atoms with E-state index in [1.807, 2.05) is 12.1 Å². The first kappa shape index (κ1) is 20.3. The van der Waals surface area contributed by atoms with Gasteiger partial charge in [-0.05, 0) is 24.6 Å². The van der Waals surface area contributed by atoms with Gasteiger partial charge in [0.05, 0.1) is 10.9 Å². The summed E-state index contributed by atoms with van der Waals surface area (Å²) in [5.74, 6) is 0. The van der Waals surface area contributed by atoms with Crippen LogP contribution in [0, 0.1) is 0 Å². The quantitative estimate of drug-likeness (QED) is 0.546. The summed E-state index contributed by atoms with van der Waals surface area (Å²) in [6, 6.07) is 5.52. The van der Waals surface area contributed by atoms with Gasteiger partial charge in [-0.25, -0.2) is 4.79 Å². The fraction of sp³-hybridized carbons (Fsp3) is 0.619. The van der Waals surface area contributed by atoms with E-state index in [1.54, 1.807) is 6.07 Å². The third-order valence-electron chi connectivity index (χ3n) is 4.96. The van der Waals surface area contributed by atoms with Crippen LogP contribution in [0.15, 0.2) is 27.8 Å². The summed E-state index contributed by atoms with van der Waals surface area (Å²) in [5, 5.41) is 3.92. The Balaban J connectivity index is 1.66. The highest BCUT2D eigenvalue weighted by Gasteiger charge is 2.05. The number of hydrogen-bond donors (Lipinski definition) is 2. The molecule has 5 nitrogen and oxygen atoms in total. The summed E-state index contributed by atoms with van der Waals surface area (Å²) in [7, 11) is 1.48. The van der Waals surface area contributed by atoms with E-state index in [1.165, 1.54) is 64.8 Å². The average Bonchev–Trinajstić information content (AvgIpc) is 2.64. The van der Waals surface area contributed by atoms with Crippen molar-refractivity contribution in [2.45, 2.75) is 71.1 Å². The van der Waals surface area contributed by atoms with Crippen molar-refractivity contribution in [3.05, 3.63) is 39.0 Å². The third-order valence-corrected chi connectivity index (χ3v) is 4.96. The first-order valence-electron chi connectivity index (χ1n) is 10.1. The van der Waals surface area contributed by atoms with Gasteiger partial charge in [0.2, 0.25) is 0 Å². The Hall–Kier alpha value is -2.04. The number of unbranched alkanes of at least 4 members (excludes halogenated alkanes) is 9. The lowest BCUT2D eigenvalue weighted by Crippen LogP contribution is -2.32. The van der Waals surface area contributed by atoms with Crippen LogP contribution in [0.2, 0.25) is 0 Å². The van der Waals surface area contributed by atoms with Gasteiger partial charge in [0, 0.05) is 19.3 Å². The fourth-order valence-corrected chi connectivity index (χ4v) is 3.26. The van der Waals surface area contributed by atoms with Crippen molar-refractivity contribution in [2.24, 2.45) is 7.05 Å². The molecule has 2 N–H and O–H groups in total. The molecule has 1 aromatic carbocycles. The number of nitrogens with one attached hydrogen (secondary N) is 2. The number of aromatic amines is 1. The van der Waals surface area contributed by atoms with Gasteiger partial charge in [-0.1, -0.05) is 64.7 Å². The van der Waals surface area contributed by atoms with E-state index < -0.39 is 0 Å². The molecule has 0 fully saturated rings. The first-order chi connectivity index (χ1) is 12.6. The smallest absolute Gasteiger partial charge is 0.328 e. The number of benzene rings is 1. The topological polar surface area (TPSA) is 66.9 Å². The molecule has 0 amide bonds. The molecule has 1 aromatic heterocycles. The number of rotatable bonds is 12. The van der Waals surface area contributed by atoms with Gasteiger partial charge in [-0.2, -0.15) is 0 Å². The van der Waals surface area contributed by atoms with Crippen LogP contribution in [-0.4, -0.2) is 16.1 Å². The summed E-state index contributed by atoms with van der Waals surface area (Å²) < 4.78 is 1.10. The highest BCUT2D eigenvalue weighted by atomic mass is 16.2. The molecule has 0 saturated heterocycles. The van der Waals surface area contributed by atoms with Crippen LogP contribution in [0.1, 0.15) is 71.1 Å². The van der Waals surface area contributed by atoms with E-state index in [0.29, 0.717) is 10.9 Å². The minimum atomic E-state index is -0.380. The van der Waals surface area contributed by atoms with E-state index in [9.17, 15) is 9.59 Å². The van der Waals surface area contributed by atoms with Gasteiger partial charge < -0.3 is 10.3 Å². The van der Waals surface area contributed by atoms with Crippen LogP contribution >= 0.6 is 0 Å². The van der Waals surface area contributed by atoms with Crippen molar-refractivity contribution >= 4 is 16.6 Å². The van der Waals surface area contributed by atoms with Gasteiger partial charge in [-0.15, -0.1) is 0 Å². The van der Waals surface area contributed by atoms with E-state index in [2.05, 4.69) is 17.2 Å². The lowest BCUT2D eigenvalue weighted by molar-refractivity contribution is 0.560. The van der Waals surface area contributed by atoms with Crippen molar-refractivity contribution in [1.82, 2.24) is 9.55 Å². The number of anilines is 1. The van der Waals surface area contributed by atoms with E-state index in [4.69, 9.17) is 0 Å². The molecule has 5 heteroatoms. The molecule has 0 aliphatic carbocycles. The molecule has 0 atom stereocenters. The summed E-state index contributed by atoms with van der Waals surface area (Å²) >= 11 is 0. The van der Waals surface area contributed by atoms with Crippen LogP contribution in [0.4, 0.5) is 5.69 Å². The van der Waals surface area contributed by atoms with Crippen LogP contribution in [0.3, 0.4) is 0 Å². The summed E-state index contributed by atoms with van der Waals surface area (Å²) in [4.78, 5) is 26.5. The van der Waals surface area contributed by atoms with Crippen molar-refractivity contribution in [1.29, 1.82) is 0 Å². The minimum Gasteiger partial charge on any atom is -0.385 e. The van der Waals surface area contributed by atoms with Crippen molar-refractivity contribution in [3.8, 4) is 0 Å². The van der Waals surface area contributed by atoms with Gasteiger partial charge in [0.25, 0.3) is 5.56 Å². The number of hydrogen-bond acceptors (Lipinski definition) is 3. The molecule has 0 spiro atoms. The Morgan fingerprint density at radius 2 is 1.54 bits per heavy atom. The SMILES string of the molecule is CCCCCCCCCCCCNc1ccc2c(=O)n(C)c(=O)[nH]c2c1.